The van der Waals surface area contributed by atoms with Crippen molar-refractivity contribution >= 4 is 23.6 Å². The normalized spacial score (nSPS) is 18.9. The second-order valence-corrected chi connectivity index (χ2v) is 6.56. The van der Waals surface area contributed by atoms with E-state index in [2.05, 4.69) is 4.74 Å². The minimum absolute atomic E-state index is 0.0116. The van der Waals surface area contributed by atoms with Gasteiger partial charge in [0, 0.05) is 23.4 Å². The molecule has 28 heavy (non-hydrogen) atoms. The third-order valence-corrected chi connectivity index (χ3v) is 4.71. The first-order valence-corrected chi connectivity index (χ1v) is 8.82. The largest absolute Gasteiger partial charge is 0.434 e. The summed E-state index contributed by atoms with van der Waals surface area (Å²) in [7, 11) is 0. The first-order chi connectivity index (χ1) is 13.4. The molecule has 2 atom stereocenters. The number of nitrogens with two attached hydrogens (primary N) is 1. The zero-order valence-electron chi connectivity index (χ0n) is 15.2. The number of nitrogens with zero attached hydrogens (tertiary/aromatic N) is 1. The predicted octanol–water partition coefficient (Wildman–Crippen LogP) is 3.70. The maximum Gasteiger partial charge on any atom is 0.387 e. The van der Waals surface area contributed by atoms with E-state index in [1.54, 1.807) is 47.4 Å². The summed E-state index contributed by atoms with van der Waals surface area (Å²) >= 11 is 0. The van der Waals surface area contributed by atoms with Gasteiger partial charge >= 0.3 is 6.61 Å². The van der Waals surface area contributed by atoms with Gasteiger partial charge in [-0.2, -0.15) is 8.78 Å². The van der Waals surface area contributed by atoms with Gasteiger partial charge in [-0.3, -0.25) is 9.59 Å². The molecule has 1 aliphatic heterocycles. The average Bonchev–Trinajstić information content (AvgIpc) is 2.66. The van der Waals surface area contributed by atoms with E-state index in [0.717, 1.165) is 0 Å². The van der Waals surface area contributed by atoms with E-state index in [9.17, 15) is 18.4 Å². The lowest BCUT2D eigenvalue weighted by atomic mass is 9.85. The van der Waals surface area contributed by atoms with Gasteiger partial charge in [0.2, 0.25) is 5.91 Å². The van der Waals surface area contributed by atoms with Crippen molar-refractivity contribution in [1.29, 1.82) is 0 Å². The molecule has 5 nitrogen and oxygen atoms in total. The Morgan fingerprint density at radius 3 is 2.57 bits per heavy atom. The number of para-hydroxylation sites is 2. The van der Waals surface area contributed by atoms with Gasteiger partial charge in [0.25, 0.3) is 5.91 Å². The third kappa shape index (κ3) is 4.03. The van der Waals surface area contributed by atoms with Gasteiger partial charge in [-0.05, 0) is 37.1 Å². The van der Waals surface area contributed by atoms with Crippen LogP contribution in [0.2, 0.25) is 0 Å². The second kappa shape index (κ2) is 8.21. The van der Waals surface area contributed by atoms with Gasteiger partial charge in [-0.1, -0.05) is 36.4 Å². The Morgan fingerprint density at radius 1 is 1.18 bits per heavy atom. The molecule has 2 amide bonds. The molecule has 1 aliphatic rings. The number of hydrogen-bond acceptors (Lipinski definition) is 3. The molecule has 0 bridgehead atoms. The number of anilines is 1. The fourth-order valence-corrected chi connectivity index (χ4v) is 3.48. The Labute approximate surface area is 161 Å². The Kier molecular flexibility index (Phi) is 5.73. The average molecular weight is 386 g/mol. The van der Waals surface area contributed by atoms with Gasteiger partial charge in [0.15, 0.2) is 0 Å². The van der Waals surface area contributed by atoms with Crippen molar-refractivity contribution in [2.45, 2.75) is 31.9 Å². The molecule has 0 spiro atoms. The van der Waals surface area contributed by atoms with Crippen molar-refractivity contribution < 1.29 is 23.1 Å². The highest BCUT2D eigenvalue weighted by molar-refractivity contribution is 6.06. The van der Waals surface area contributed by atoms with Crippen LogP contribution in [0.5, 0.6) is 5.75 Å². The van der Waals surface area contributed by atoms with E-state index in [-0.39, 0.29) is 17.7 Å². The first-order valence-electron chi connectivity index (χ1n) is 8.82. The molecule has 2 aromatic rings. The Morgan fingerprint density at radius 2 is 1.86 bits per heavy atom. The van der Waals surface area contributed by atoms with Crippen molar-refractivity contribution in [2.75, 3.05) is 4.90 Å². The van der Waals surface area contributed by atoms with Gasteiger partial charge < -0.3 is 15.4 Å². The molecule has 3 rings (SSSR count). The number of primary amides is 1. The number of hydrogen-bond donors (Lipinski definition) is 1. The minimum Gasteiger partial charge on any atom is -0.434 e. The SMILES string of the molecule is CC1CC(C(N)=O)c2ccccc2N1C(=O)C=Cc1ccccc1OC(F)F. The molecule has 0 aromatic heterocycles. The standard InChI is InChI=1S/C21H20F2N2O3/c1-13-12-16(20(24)27)15-7-3-4-8-17(15)25(13)19(26)11-10-14-6-2-5-9-18(14)28-21(22)23/h2-11,13,16,21H,12H2,1H3,(H2,24,27). The summed E-state index contributed by atoms with van der Waals surface area (Å²) in [5.41, 5.74) is 7.22. The number of ether oxygens (including phenoxy) is 1. The van der Waals surface area contributed by atoms with Crippen LogP contribution in [0.15, 0.2) is 54.6 Å². The number of halogens is 2. The van der Waals surface area contributed by atoms with Gasteiger partial charge in [-0.25, -0.2) is 0 Å². The summed E-state index contributed by atoms with van der Waals surface area (Å²) in [4.78, 5) is 26.3. The fourth-order valence-electron chi connectivity index (χ4n) is 3.48. The summed E-state index contributed by atoms with van der Waals surface area (Å²) in [5.74, 6) is -1.23. The van der Waals surface area contributed by atoms with Gasteiger partial charge in [0.1, 0.15) is 5.75 Å². The highest BCUT2D eigenvalue weighted by Gasteiger charge is 2.35. The Hall–Kier alpha value is -3.22. The maximum atomic E-state index is 12.9. The van der Waals surface area contributed by atoms with Crippen LogP contribution in [0, 0.1) is 0 Å². The molecule has 7 heteroatoms. The summed E-state index contributed by atoms with van der Waals surface area (Å²) in [5, 5.41) is 0. The van der Waals surface area contributed by atoms with Crippen LogP contribution in [0.1, 0.15) is 30.4 Å². The van der Waals surface area contributed by atoms with Crippen LogP contribution in [0.3, 0.4) is 0 Å². The van der Waals surface area contributed by atoms with Crippen molar-refractivity contribution in [1.82, 2.24) is 0 Å². The van der Waals surface area contributed by atoms with E-state index in [1.165, 1.54) is 18.2 Å². The number of benzene rings is 2. The molecule has 2 unspecified atom stereocenters. The maximum absolute atomic E-state index is 12.9. The molecular formula is C21H20F2N2O3. The molecule has 2 N–H and O–H groups in total. The Balaban J connectivity index is 1.90. The topological polar surface area (TPSA) is 72.6 Å². The van der Waals surface area contributed by atoms with E-state index in [4.69, 9.17) is 5.73 Å². The van der Waals surface area contributed by atoms with Crippen molar-refractivity contribution in [3.63, 3.8) is 0 Å². The lowest BCUT2D eigenvalue weighted by molar-refractivity contribution is -0.120. The lowest BCUT2D eigenvalue weighted by Crippen LogP contribution is -2.44. The summed E-state index contributed by atoms with van der Waals surface area (Å²) in [6, 6.07) is 13.1. The van der Waals surface area contributed by atoms with Crippen LogP contribution >= 0.6 is 0 Å². The molecule has 2 aromatic carbocycles. The summed E-state index contributed by atoms with van der Waals surface area (Å²) in [6.45, 7) is -1.11. The molecule has 0 fully saturated rings. The van der Waals surface area contributed by atoms with E-state index in [1.807, 2.05) is 6.92 Å². The first kappa shape index (κ1) is 19.5. The molecule has 146 valence electrons. The van der Waals surface area contributed by atoms with Gasteiger partial charge in [-0.15, -0.1) is 0 Å². The summed E-state index contributed by atoms with van der Waals surface area (Å²) in [6.07, 6.45) is 3.16. The van der Waals surface area contributed by atoms with E-state index >= 15 is 0 Å². The zero-order valence-corrected chi connectivity index (χ0v) is 15.2. The number of carbonyl (C=O) groups excluding carboxylic acids is 2. The zero-order chi connectivity index (χ0) is 20.3. The number of amides is 2. The smallest absolute Gasteiger partial charge is 0.387 e. The van der Waals surface area contributed by atoms with Crippen molar-refractivity contribution in [3.05, 3.63) is 65.7 Å². The molecule has 0 saturated heterocycles. The molecule has 0 radical (unpaired) electrons. The minimum atomic E-state index is -2.95. The quantitative estimate of drug-likeness (QED) is 0.797. The number of carbonyl (C=O) groups is 2. The molecular weight excluding hydrogens is 366 g/mol. The number of fused-ring (bicyclic) bond motifs is 1. The third-order valence-electron chi connectivity index (χ3n) is 4.71. The van der Waals surface area contributed by atoms with Crippen LogP contribution in [-0.4, -0.2) is 24.5 Å². The molecule has 1 heterocycles. The lowest BCUT2D eigenvalue weighted by Gasteiger charge is -2.37. The van der Waals surface area contributed by atoms with Crippen molar-refractivity contribution in [3.8, 4) is 5.75 Å². The van der Waals surface area contributed by atoms with Crippen molar-refractivity contribution in [2.24, 2.45) is 5.73 Å². The number of rotatable bonds is 5. The summed E-state index contributed by atoms with van der Waals surface area (Å²) < 4.78 is 29.6. The molecule has 0 saturated carbocycles. The Bertz CT molecular complexity index is 914. The number of alkyl halides is 2. The highest BCUT2D eigenvalue weighted by Crippen LogP contribution is 2.38. The van der Waals surface area contributed by atoms with Crippen LogP contribution < -0.4 is 15.4 Å². The fraction of sp³-hybridized carbons (Fsp3) is 0.238. The van der Waals surface area contributed by atoms with Crippen LogP contribution in [0.4, 0.5) is 14.5 Å². The van der Waals surface area contributed by atoms with Gasteiger partial charge in [0.05, 0.1) is 5.92 Å². The second-order valence-electron chi connectivity index (χ2n) is 6.56. The van der Waals surface area contributed by atoms with E-state index < -0.39 is 18.4 Å². The van der Waals surface area contributed by atoms with E-state index in [0.29, 0.717) is 23.2 Å². The predicted molar refractivity (Wildman–Crippen MR) is 102 cm³/mol. The van der Waals surface area contributed by atoms with Crippen LogP contribution in [0.25, 0.3) is 6.08 Å². The monoisotopic (exact) mass is 386 g/mol. The highest BCUT2D eigenvalue weighted by atomic mass is 19.3. The van der Waals surface area contributed by atoms with Crippen LogP contribution in [-0.2, 0) is 9.59 Å². The molecule has 0 aliphatic carbocycles.